The molecule has 1 aromatic rings. The fraction of sp³-hybridized carbons (Fsp3) is 0.647. The first kappa shape index (κ1) is 14.9. The van der Waals surface area contributed by atoms with Gasteiger partial charge in [0.2, 0.25) is 0 Å². The molecular weight excluding hydrogens is 254 g/mol. The summed E-state index contributed by atoms with van der Waals surface area (Å²) >= 11 is 6.43. The molecule has 2 rings (SSSR count). The van der Waals surface area contributed by atoms with Crippen molar-refractivity contribution < 1.29 is 0 Å². The van der Waals surface area contributed by atoms with Crippen LogP contribution in [0.25, 0.3) is 0 Å². The van der Waals surface area contributed by atoms with Gasteiger partial charge >= 0.3 is 0 Å². The van der Waals surface area contributed by atoms with Crippen LogP contribution in [0.2, 0.25) is 5.02 Å². The summed E-state index contributed by atoms with van der Waals surface area (Å²) in [4.78, 5) is 0. The first-order valence-corrected chi connectivity index (χ1v) is 8.16. The molecular formula is C17H26ClN. The topological polar surface area (TPSA) is 12.0 Å². The van der Waals surface area contributed by atoms with Crippen LogP contribution in [-0.4, -0.2) is 13.1 Å². The zero-order valence-electron chi connectivity index (χ0n) is 12.0. The average Bonchev–Trinajstić information content (AvgIpc) is 2.70. The third-order valence-electron chi connectivity index (χ3n) is 4.39. The normalized spacial score (nSPS) is 19.1. The van der Waals surface area contributed by atoms with Crippen molar-refractivity contribution in [1.29, 1.82) is 0 Å². The van der Waals surface area contributed by atoms with Gasteiger partial charge in [0.25, 0.3) is 0 Å². The van der Waals surface area contributed by atoms with Crippen molar-refractivity contribution in [2.45, 2.75) is 51.4 Å². The highest BCUT2D eigenvalue weighted by Crippen LogP contribution is 2.37. The molecule has 1 aliphatic rings. The molecule has 2 heteroatoms. The van der Waals surface area contributed by atoms with E-state index in [-0.39, 0.29) is 0 Å². The minimum atomic E-state index is 0.576. The summed E-state index contributed by atoms with van der Waals surface area (Å²) in [5.74, 6) is 1.37. The Morgan fingerprint density at radius 2 is 1.84 bits per heavy atom. The van der Waals surface area contributed by atoms with Crippen LogP contribution < -0.4 is 5.32 Å². The lowest BCUT2D eigenvalue weighted by molar-refractivity contribution is 0.363. The Hall–Kier alpha value is -0.530. The van der Waals surface area contributed by atoms with Crippen molar-refractivity contribution in [2.24, 2.45) is 5.92 Å². The highest BCUT2D eigenvalue weighted by atomic mass is 35.5. The molecule has 0 radical (unpaired) electrons. The lowest BCUT2D eigenvalue weighted by Gasteiger charge is -2.27. The van der Waals surface area contributed by atoms with Crippen molar-refractivity contribution in [2.75, 3.05) is 13.1 Å². The van der Waals surface area contributed by atoms with Gasteiger partial charge in [0.05, 0.1) is 0 Å². The number of nitrogens with one attached hydrogen (secondary N) is 1. The molecule has 1 saturated carbocycles. The first-order valence-electron chi connectivity index (χ1n) is 7.78. The number of benzene rings is 1. The van der Waals surface area contributed by atoms with Crippen LogP contribution in [0.5, 0.6) is 0 Å². The van der Waals surface area contributed by atoms with Gasteiger partial charge in [-0.15, -0.1) is 0 Å². The van der Waals surface area contributed by atoms with Gasteiger partial charge in [0.1, 0.15) is 0 Å². The quantitative estimate of drug-likeness (QED) is 0.748. The Morgan fingerprint density at radius 3 is 2.47 bits per heavy atom. The molecule has 0 saturated heterocycles. The molecule has 1 N–H and O–H groups in total. The molecule has 1 unspecified atom stereocenters. The van der Waals surface area contributed by atoms with Crippen LogP contribution >= 0.6 is 11.6 Å². The average molecular weight is 280 g/mol. The summed E-state index contributed by atoms with van der Waals surface area (Å²) in [6.07, 6.45) is 8.32. The largest absolute Gasteiger partial charge is 0.316 e. The highest BCUT2D eigenvalue weighted by molar-refractivity contribution is 6.31. The molecule has 19 heavy (non-hydrogen) atoms. The number of hydrogen-bond acceptors (Lipinski definition) is 1. The van der Waals surface area contributed by atoms with Gasteiger partial charge in [-0.3, -0.25) is 0 Å². The smallest absolute Gasteiger partial charge is 0.0441 e. The second-order valence-corrected chi connectivity index (χ2v) is 6.09. The summed E-state index contributed by atoms with van der Waals surface area (Å²) in [7, 11) is 0. The van der Waals surface area contributed by atoms with Crippen molar-refractivity contribution in [1.82, 2.24) is 5.32 Å². The van der Waals surface area contributed by atoms with Crippen LogP contribution in [0, 0.1) is 5.92 Å². The Bertz CT molecular complexity index is 369. The summed E-state index contributed by atoms with van der Waals surface area (Å²) in [5, 5.41) is 4.47. The third-order valence-corrected chi connectivity index (χ3v) is 4.73. The van der Waals surface area contributed by atoms with E-state index < -0.39 is 0 Å². The molecule has 0 spiro atoms. The summed E-state index contributed by atoms with van der Waals surface area (Å²) in [6.45, 7) is 4.27. The van der Waals surface area contributed by atoms with E-state index in [4.69, 9.17) is 11.6 Å². The second kappa shape index (κ2) is 7.91. The molecule has 1 nitrogen and oxygen atoms in total. The number of hydrogen-bond donors (Lipinski definition) is 1. The van der Waals surface area contributed by atoms with Crippen LogP contribution in [0.4, 0.5) is 0 Å². The zero-order chi connectivity index (χ0) is 13.5. The zero-order valence-corrected chi connectivity index (χ0v) is 12.8. The SMILES string of the molecule is CCNCC(c1ccccc1Cl)C1CCCCCC1. The van der Waals surface area contributed by atoms with Crippen LogP contribution in [0.15, 0.2) is 24.3 Å². The molecule has 106 valence electrons. The van der Waals surface area contributed by atoms with Crippen LogP contribution in [0.3, 0.4) is 0 Å². The van der Waals surface area contributed by atoms with Crippen molar-refractivity contribution >= 4 is 11.6 Å². The van der Waals surface area contributed by atoms with Gasteiger partial charge in [-0.25, -0.2) is 0 Å². The predicted octanol–water partition coefficient (Wildman–Crippen LogP) is 5.00. The van der Waals surface area contributed by atoms with Crippen LogP contribution in [0.1, 0.15) is 56.9 Å². The van der Waals surface area contributed by atoms with Gasteiger partial charge < -0.3 is 5.32 Å². The predicted molar refractivity (Wildman–Crippen MR) is 83.9 cm³/mol. The van der Waals surface area contributed by atoms with E-state index in [1.807, 2.05) is 12.1 Å². The van der Waals surface area contributed by atoms with Gasteiger partial charge in [-0.1, -0.05) is 62.4 Å². The molecule has 1 aromatic carbocycles. The highest BCUT2D eigenvalue weighted by Gasteiger charge is 2.25. The number of likely N-dealkylation sites (N-methyl/N-ethyl adjacent to an activating group) is 1. The first-order chi connectivity index (χ1) is 9.33. The van der Waals surface area contributed by atoms with E-state index in [1.54, 1.807) is 0 Å². The molecule has 0 amide bonds. The monoisotopic (exact) mass is 279 g/mol. The minimum Gasteiger partial charge on any atom is -0.316 e. The fourth-order valence-corrected chi connectivity index (χ4v) is 3.60. The number of rotatable bonds is 5. The lowest BCUT2D eigenvalue weighted by Crippen LogP contribution is -2.26. The van der Waals surface area contributed by atoms with E-state index in [9.17, 15) is 0 Å². The lowest BCUT2D eigenvalue weighted by atomic mass is 9.81. The maximum Gasteiger partial charge on any atom is 0.0441 e. The van der Waals surface area contributed by atoms with E-state index in [2.05, 4.69) is 24.4 Å². The molecule has 1 atom stereocenters. The maximum atomic E-state index is 6.43. The Labute approximate surface area is 122 Å². The molecule has 0 aromatic heterocycles. The van der Waals surface area contributed by atoms with Crippen molar-refractivity contribution in [3.05, 3.63) is 34.9 Å². The van der Waals surface area contributed by atoms with E-state index in [1.165, 1.54) is 44.1 Å². The van der Waals surface area contributed by atoms with Crippen LogP contribution in [-0.2, 0) is 0 Å². The molecule has 0 heterocycles. The number of halogens is 1. The van der Waals surface area contributed by atoms with Crippen molar-refractivity contribution in [3.63, 3.8) is 0 Å². The molecule has 1 aliphatic carbocycles. The maximum absolute atomic E-state index is 6.43. The van der Waals surface area contributed by atoms with Gasteiger partial charge in [0, 0.05) is 17.5 Å². The molecule has 1 fully saturated rings. The van der Waals surface area contributed by atoms with E-state index in [0.29, 0.717) is 5.92 Å². The fourth-order valence-electron chi connectivity index (χ4n) is 3.32. The molecule has 0 aliphatic heterocycles. The minimum absolute atomic E-state index is 0.576. The summed E-state index contributed by atoms with van der Waals surface area (Å²) in [5.41, 5.74) is 1.34. The second-order valence-electron chi connectivity index (χ2n) is 5.69. The third kappa shape index (κ3) is 4.22. The van der Waals surface area contributed by atoms with Gasteiger partial charge in [0.15, 0.2) is 0 Å². The Morgan fingerprint density at radius 1 is 1.16 bits per heavy atom. The van der Waals surface area contributed by atoms with E-state index >= 15 is 0 Å². The summed E-state index contributed by atoms with van der Waals surface area (Å²) in [6, 6.07) is 8.40. The Kier molecular flexibility index (Phi) is 6.19. The summed E-state index contributed by atoms with van der Waals surface area (Å²) < 4.78 is 0. The van der Waals surface area contributed by atoms with Crippen molar-refractivity contribution in [3.8, 4) is 0 Å². The molecule has 0 bridgehead atoms. The van der Waals surface area contributed by atoms with Gasteiger partial charge in [-0.2, -0.15) is 0 Å². The van der Waals surface area contributed by atoms with E-state index in [0.717, 1.165) is 24.0 Å². The standard InChI is InChI=1S/C17H26ClN/c1-2-19-13-16(14-9-5-3-4-6-10-14)15-11-7-8-12-17(15)18/h7-8,11-12,14,16,19H,2-6,9-10,13H2,1H3. The Balaban J connectivity index is 2.16. The van der Waals surface area contributed by atoms with Gasteiger partial charge in [-0.05, 0) is 36.9 Å².